The van der Waals surface area contributed by atoms with Crippen molar-refractivity contribution in [2.24, 2.45) is 11.8 Å². The van der Waals surface area contributed by atoms with E-state index in [0.29, 0.717) is 5.56 Å². The van der Waals surface area contributed by atoms with Gasteiger partial charge in [-0.25, -0.2) is 0 Å². The summed E-state index contributed by atoms with van der Waals surface area (Å²) >= 11 is 0. The minimum absolute atomic E-state index is 0.0153. The lowest BCUT2D eigenvalue weighted by Gasteiger charge is -2.54. The maximum Gasteiger partial charge on any atom is 0.305 e. The Labute approximate surface area is 207 Å². The van der Waals surface area contributed by atoms with Gasteiger partial charge in [-0.15, -0.1) is 0 Å². The summed E-state index contributed by atoms with van der Waals surface area (Å²) < 4.78 is 5.77. The fourth-order valence-corrected chi connectivity index (χ4v) is 6.03. The molecule has 0 bridgehead atoms. The van der Waals surface area contributed by atoms with Crippen molar-refractivity contribution in [3.63, 3.8) is 0 Å². The lowest BCUT2D eigenvalue weighted by Crippen LogP contribution is -2.70. The van der Waals surface area contributed by atoms with Crippen LogP contribution >= 0.6 is 0 Å². The lowest BCUT2D eigenvalue weighted by molar-refractivity contribution is -0.185. The smallest absolute Gasteiger partial charge is 0.305 e. The molecule has 3 aliphatic rings. The number of ketones is 3. The Kier molecular flexibility index (Phi) is 6.09. The summed E-state index contributed by atoms with van der Waals surface area (Å²) in [5.74, 6) is -8.68. The molecular weight excluding hydrogens is 470 g/mol. The van der Waals surface area contributed by atoms with Gasteiger partial charge in [-0.1, -0.05) is 26.0 Å². The molecule has 1 saturated carbocycles. The first-order valence-corrected chi connectivity index (χ1v) is 11.7. The number of Topliss-reactive ketones (excluding diaryl/α,β-unsaturated/α-hetero) is 3. The van der Waals surface area contributed by atoms with Crippen LogP contribution in [0.3, 0.4) is 0 Å². The number of ether oxygens (including phenoxy) is 1. The molecule has 0 unspecified atom stereocenters. The second-order valence-electron chi connectivity index (χ2n) is 9.80. The SMILES string of the molecule is CCC(=O)O[C@H]1[C@H]2C(=C(O)c3c(O)cccc3[C@@H]2C)C(=O)[C@]2(O)C(O)=C(C(C)=O)C(=O)[C@@H](N(C)C)[C@H]12. The van der Waals surface area contributed by atoms with Gasteiger partial charge >= 0.3 is 5.97 Å². The first kappa shape index (κ1) is 25.6. The lowest BCUT2D eigenvalue weighted by atomic mass is 9.54. The van der Waals surface area contributed by atoms with E-state index in [-0.39, 0.29) is 23.3 Å². The van der Waals surface area contributed by atoms with Gasteiger partial charge in [-0.05, 0) is 38.6 Å². The van der Waals surface area contributed by atoms with Crippen LogP contribution in [0, 0.1) is 11.8 Å². The van der Waals surface area contributed by atoms with Crippen molar-refractivity contribution in [1.29, 1.82) is 0 Å². The number of aliphatic hydroxyl groups excluding tert-OH is 2. The van der Waals surface area contributed by atoms with E-state index in [1.165, 1.54) is 25.1 Å². The topological polar surface area (TPSA) is 162 Å². The Morgan fingerprint density at radius 3 is 2.33 bits per heavy atom. The molecule has 1 fully saturated rings. The molecule has 0 radical (unpaired) electrons. The van der Waals surface area contributed by atoms with Crippen LogP contribution in [0.25, 0.3) is 5.76 Å². The summed E-state index contributed by atoms with van der Waals surface area (Å²) in [4.78, 5) is 53.8. The first-order valence-electron chi connectivity index (χ1n) is 11.7. The van der Waals surface area contributed by atoms with Gasteiger partial charge < -0.3 is 25.2 Å². The number of phenolic OH excluding ortho intramolecular Hbond substituents is 1. The molecule has 3 aliphatic carbocycles. The third kappa shape index (κ3) is 3.24. The second-order valence-corrected chi connectivity index (χ2v) is 9.80. The van der Waals surface area contributed by atoms with E-state index < -0.39 is 75.9 Å². The summed E-state index contributed by atoms with van der Waals surface area (Å²) in [5, 5.41) is 44.7. The fourth-order valence-electron chi connectivity index (χ4n) is 6.03. The monoisotopic (exact) mass is 499 g/mol. The Balaban J connectivity index is 2.11. The molecule has 0 saturated heterocycles. The average molecular weight is 500 g/mol. The normalized spacial score (nSPS) is 31.7. The number of aliphatic hydroxyl groups is 3. The summed E-state index contributed by atoms with van der Waals surface area (Å²) in [5.41, 5.74) is -3.48. The Bertz CT molecular complexity index is 1260. The van der Waals surface area contributed by atoms with E-state index in [1.54, 1.807) is 26.0 Å². The van der Waals surface area contributed by atoms with Gasteiger partial charge in [0.2, 0.25) is 5.78 Å². The van der Waals surface area contributed by atoms with Crippen LogP contribution in [0.15, 0.2) is 35.1 Å². The quantitative estimate of drug-likeness (QED) is 0.353. The second kappa shape index (κ2) is 8.56. The van der Waals surface area contributed by atoms with Crippen molar-refractivity contribution >= 4 is 29.1 Å². The van der Waals surface area contributed by atoms with E-state index in [4.69, 9.17) is 4.74 Å². The summed E-state index contributed by atoms with van der Waals surface area (Å²) in [6.45, 7) is 4.29. The van der Waals surface area contributed by atoms with Crippen LogP contribution in [0.1, 0.15) is 44.2 Å². The van der Waals surface area contributed by atoms with Crippen LogP contribution in [-0.2, 0) is 23.9 Å². The molecule has 6 atom stereocenters. The minimum Gasteiger partial charge on any atom is -0.508 e. The zero-order chi connectivity index (χ0) is 26.9. The molecule has 4 N–H and O–H groups in total. The van der Waals surface area contributed by atoms with E-state index in [2.05, 4.69) is 0 Å². The van der Waals surface area contributed by atoms with Crippen molar-refractivity contribution in [2.75, 3.05) is 14.1 Å². The number of hydrogen-bond acceptors (Lipinski definition) is 10. The number of aromatic hydroxyl groups is 1. The summed E-state index contributed by atoms with van der Waals surface area (Å²) in [6, 6.07) is 3.23. The number of esters is 1. The summed E-state index contributed by atoms with van der Waals surface area (Å²) in [7, 11) is 3.01. The van der Waals surface area contributed by atoms with E-state index in [1.807, 2.05) is 0 Å². The number of likely N-dealkylation sites (N-methyl/N-ethyl adjacent to an activating group) is 1. The van der Waals surface area contributed by atoms with E-state index >= 15 is 0 Å². The Morgan fingerprint density at radius 2 is 1.78 bits per heavy atom. The highest BCUT2D eigenvalue weighted by Gasteiger charge is 2.69. The van der Waals surface area contributed by atoms with E-state index in [9.17, 15) is 39.6 Å². The van der Waals surface area contributed by atoms with Crippen LogP contribution in [0.5, 0.6) is 5.75 Å². The van der Waals surface area contributed by atoms with Crippen molar-refractivity contribution < 1.29 is 44.3 Å². The van der Waals surface area contributed by atoms with Gasteiger partial charge in [0, 0.05) is 17.9 Å². The number of benzene rings is 1. The molecule has 0 amide bonds. The van der Waals surface area contributed by atoms with Crippen LogP contribution < -0.4 is 0 Å². The van der Waals surface area contributed by atoms with Gasteiger partial charge in [-0.3, -0.25) is 24.1 Å². The maximum atomic E-state index is 14.0. The molecule has 4 rings (SSSR count). The molecule has 36 heavy (non-hydrogen) atoms. The zero-order valence-electron chi connectivity index (χ0n) is 20.6. The van der Waals surface area contributed by atoms with Crippen molar-refractivity contribution in [3.8, 4) is 5.75 Å². The summed E-state index contributed by atoms with van der Waals surface area (Å²) in [6.07, 6.45) is -1.41. The molecule has 1 aromatic rings. The van der Waals surface area contributed by atoms with Crippen LogP contribution in [0.4, 0.5) is 0 Å². The highest BCUT2D eigenvalue weighted by atomic mass is 16.5. The number of rotatable bonds is 4. The van der Waals surface area contributed by atoms with Gasteiger partial charge in [0.1, 0.15) is 28.9 Å². The first-order chi connectivity index (χ1) is 16.8. The third-order valence-corrected chi connectivity index (χ3v) is 7.63. The number of nitrogens with zero attached hydrogens (tertiary/aromatic N) is 1. The van der Waals surface area contributed by atoms with Crippen LogP contribution in [-0.4, -0.2) is 80.5 Å². The maximum absolute atomic E-state index is 14.0. The standard InChI is InChI=1S/C26H29NO9/c1-6-14(30)36-23-15-10(2)12-8-7-9-13(29)17(12)21(31)18(15)25(34)26(35)19(23)20(27(4)5)22(32)16(11(3)28)24(26)33/h7-10,15,19-20,23,29,31,33,35H,6H2,1-5H3/t10-,15+,19+,20-,23-,26+/m0/s1. The molecular formula is C26H29NO9. The Morgan fingerprint density at radius 1 is 1.14 bits per heavy atom. The van der Waals surface area contributed by atoms with Crippen molar-refractivity contribution in [1.82, 2.24) is 4.90 Å². The van der Waals surface area contributed by atoms with Gasteiger partial charge in [-0.2, -0.15) is 0 Å². The highest BCUT2D eigenvalue weighted by Crippen LogP contribution is 2.56. The molecule has 192 valence electrons. The molecule has 0 heterocycles. The number of phenols is 1. The number of hydrogen-bond donors (Lipinski definition) is 4. The average Bonchev–Trinajstić information content (AvgIpc) is 2.80. The minimum atomic E-state index is -2.86. The highest BCUT2D eigenvalue weighted by molar-refractivity contribution is 6.25. The van der Waals surface area contributed by atoms with Gasteiger partial charge in [0.05, 0.1) is 17.5 Å². The van der Waals surface area contributed by atoms with Gasteiger partial charge in [0.15, 0.2) is 17.2 Å². The number of fused-ring (bicyclic) bond motifs is 3. The largest absolute Gasteiger partial charge is 0.508 e. The Hall–Kier alpha value is -3.50. The van der Waals surface area contributed by atoms with Crippen LogP contribution in [0.2, 0.25) is 0 Å². The molecule has 10 heteroatoms. The predicted molar refractivity (Wildman–Crippen MR) is 126 cm³/mol. The van der Waals surface area contributed by atoms with Crippen molar-refractivity contribution in [2.45, 2.75) is 50.9 Å². The molecule has 0 aliphatic heterocycles. The molecule has 1 aromatic carbocycles. The fraction of sp³-hybridized carbons (Fsp3) is 0.462. The van der Waals surface area contributed by atoms with Gasteiger partial charge in [0.25, 0.3) is 0 Å². The molecule has 0 spiro atoms. The molecule has 10 nitrogen and oxygen atoms in total. The number of carbonyl (C=O) groups is 4. The molecule has 0 aromatic heterocycles. The van der Waals surface area contributed by atoms with Crippen molar-refractivity contribution in [3.05, 3.63) is 46.2 Å². The number of carbonyl (C=O) groups excluding carboxylic acids is 4. The van der Waals surface area contributed by atoms with E-state index in [0.717, 1.165) is 6.92 Å². The predicted octanol–water partition coefficient (Wildman–Crippen LogP) is 1.56. The third-order valence-electron chi connectivity index (χ3n) is 7.63. The zero-order valence-corrected chi connectivity index (χ0v) is 20.6.